The number of phenols is 1. The summed E-state index contributed by atoms with van der Waals surface area (Å²) in [4.78, 5) is 4.79. The van der Waals surface area contributed by atoms with Gasteiger partial charge in [0.2, 0.25) is 0 Å². The van der Waals surface area contributed by atoms with Crippen LogP contribution >= 0.6 is 0 Å². The Kier molecular flexibility index (Phi) is 6.28. The maximum atomic E-state index is 10.3. The molecule has 1 aliphatic carbocycles. The molecule has 3 rings (SSSR count). The number of hydrogen-bond donors (Lipinski definition) is 3. The van der Waals surface area contributed by atoms with Crippen molar-refractivity contribution in [1.29, 1.82) is 0 Å². The largest absolute Gasteiger partial charge is 0.506 e. The molecule has 2 aromatic rings. The molecule has 0 saturated heterocycles. The van der Waals surface area contributed by atoms with Crippen molar-refractivity contribution >= 4 is 11.6 Å². The van der Waals surface area contributed by atoms with Gasteiger partial charge in [-0.3, -0.25) is 0 Å². The second kappa shape index (κ2) is 8.68. The molecule has 0 aliphatic heterocycles. The molecule has 3 N–H and O–H groups in total. The van der Waals surface area contributed by atoms with E-state index >= 15 is 0 Å². The molecular formula is C24H33N3O. The van der Waals surface area contributed by atoms with Crippen molar-refractivity contribution in [3.8, 4) is 5.75 Å². The second-order valence-electron chi connectivity index (χ2n) is 8.89. The molecule has 28 heavy (non-hydrogen) atoms. The quantitative estimate of drug-likeness (QED) is 0.366. The molecule has 0 aromatic heterocycles. The van der Waals surface area contributed by atoms with Gasteiger partial charge in [0.15, 0.2) is 5.96 Å². The van der Waals surface area contributed by atoms with Crippen LogP contribution in [0.25, 0.3) is 0 Å². The molecule has 0 heterocycles. The van der Waals surface area contributed by atoms with Gasteiger partial charge in [0.25, 0.3) is 0 Å². The minimum atomic E-state index is 0.0222. The maximum Gasteiger partial charge on any atom is 0.196 e. The minimum Gasteiger partial charge on any atom is -0.506 e. The van der Waals surface area contributed by atoms with Crippen molar-refractivity contribution in [3.05, 3.63) is 59.7 Å². The summed E-state index contributed by atoms with van der Waals surface area (Å²) in [5.74, 6) is 1.000. The molecule has 2 aromatic carbocycles. The Hall–Kier alpha value is -2.49. The number of guanidine groups is 1. The van der Waals surface area contributed by atoms with Gasteiger partial charge in [-0.2, -0.15) is 0 Å². The summed E-state index contributed by atoms with van der Waals surface area (Å²) >= 11 is 0. The van der Waals surface area contributed by atoms with Crippen molar-refractivity contribution in [2.24, 2.45) is 4.99 Å². The van der Waals surface area contributed by atoms with Crippen molar-refractivity contribution in [2.75, 3.05) is 5.32 Å². The Balaban J connectivity index is 1.67. The van der Waals surface area contributed by atoms with E-state index in [0.717, 1.165) is 31.6 Å². The summed E-state index contributed by atoms with van der Waals surface area (Å²) in [6.07, 6.45) is 4.32. The first-order chi connectivity index (χ1) is 13.3. The smallest absolute Gasteiger partial charge is 0.196 e. The van der Waals surface area contributed by atoms with Gasteiger partial charge in [-0.25, -0.2) is 4.99 Å². The average Bonchev–Trinajstić information content (AvgIpc) is 3.45. The fourth-order valence-electron chi connectivity index (χ4n) is 3.06. The molecule has 0 spiro atoms. The van der Waals surface area contributed by atoms with Crippen LogP contribution < -0.4 is 10.6 Å². The highest BCUT2D eigenvalue weighted by atomic mass is 16.3. The van der Waals surface area contributed by atoms with Crippen LogP contribution in [0.4, 0.5) is 5.69 Å². The molecule has 4 heteroatoms. The zero-order valence-electron chi connectivity index (χ0n) is 17.5. The van der Waals surface area contributed by atoms with Gasteiger partial charge in [-0.15, -0.1) is 0 Å². The SMILES string of the molecule is CC(CCc1ccccc1)NC(=NC1CC1)Nc1cc(C(C)(C)C)ccc1O. The summed E-state index contributed by atoms with van der Waals surface area (Å²) in [7, 11) is 0. The number of anilines is 1. The van der Waals surface area contributed by atoms with Crippen LogP contribution in [0.2, 0.25) is 0 Å². The number of phenolic OH excluding ortho intramolecular Hbond substituents is 1. The third-order valence-corrected chi connectivity index (χ3v) is 5.07. The number of hydrogen-bond acceptors (Lipinski definition) is 2. The van der Waals surface area contributed by atoms with Gasteiger partial charge < -0.3 is 15.7 Å². The first-order valence-electron chi connectivity index (χ1n) is 10.3. The van der Waals surface area contributed by atoms with Gasteiger partial charge in [-0.1, -0.05) is 57.2 Å². The summed E-state index contributed by atoms with van der Waals surface area (Å²) in [5, 5.41) is 17.2. The van der Waals surface area contributed by atoms with Crippen molar-refractivity contribution < 1.29 is 5.11 Å². The van der Waals surface area contributed by atoms with Gasteiger partial charge >= 0.3 is 0 Å². The van der Waals surface area contributed by atoms with Gasteiger partial charge in [0.1, 0.15) is 5.75 Å². The normalized spacial score (nSPS) is 15.9. The molecule has 0 amide bonds. The number of aryl methyl sites for hydroxylation is 1. The van der Waals surface area contributed by atoms with E-state index in [1.54, 1.807) is 6.07 Å². The van der Waals surface area contributed by atoms with Crippen molar-refractivity contribution in [1.82, 2.24) is 5.32 Å². The molecule has 4 nitrogen and oxygen atoms in total. The van der Waals surface area contributed by atoms with Crippen molar-refractivity contribution in [3.63, 3.8) is 0 Å². The van der Waals surface area contributed by atoms with E-state index in [2.05, 4.69) is 62.6 Å². The number of nitrogens with one attached hydrogen (secondary N) is 2. The number of aromatic hydroxyl groups is 1. The van der Waals surface area contributed by atoms with E-state index in [4.69, 9.17) is 4.99 Å². The third-order valence-electron chi connectivity index (χ3n) is 5.07. The zero-order chi connectivity index (χ0) is 20.1. The van der Waals surface area contributed by atoms with Crippen LogP contribution in [0, 0.1) is 0 Å². The van der Waals surface area contributed by atoms with Gasteiger partial charge in [-0.05, 0) is 61.3 Å². The van der Waals surface area contributed by atoms with E-state index in [-0.39, 0.29) is 17.2 Å². The highest BCUT2D eigenvalue weighted by Gasteiger charge is 2.22. The number of benzene rings is 2. The molecule has 1 saturated carbocycles. The Morgan fingerprint density at radius 2 is 1.86 bits per heavy atom. The zero-order valence-corrected chi connectivity index (χ0v) is 17.5. The van der Waals surface area contributed by atoms with Gasteiger partial charge in [0.05, 0.1) is 11.7 Å². The lowest BCUT2D eigenvalue weighted by atomic mass is 9.87. The Morgan fingerprint density at radius 3 is 2.50 bits per heavy atom. The molecule has 0 radical (unpaired) electrons. The average molecular weight is 380 g/mol. The fraction of sp³-hybridized carbons (Fsp3) is 0.458. The molecular weight excluding hydrogens is 346 g/mol. The third kappa shape index (κ3) is 6.01. The minimum absolute atomic E-state index is 0.0222. The van der Waals surface area contributed by atoms with Crippen molar-refractivity contribution in [2.45, 2.75) is 70.9 Å². The van der Waals surface area contributed by atoms with E-state index in [0.29, 0.717) is 11.7 Å². The number of aliphatic imine (C=N–C) groups is 1. The number of nitrogens with zero attached hydrogens (tertiary/aromatic N) is 1. The Morgan fingerprint density at radius 1 is 1.14 bits per heavy atom. The fourth-order valence-corrected chi connectivity index (χ4v) is 3.06. The van der Waals surface area contributed by atoms with Gasteiger partial charge in [0, 0.05) is 6.04 Å². The molecule has 1 unspecified atom stereocenters. The van der Waals surface area contributed by atoms with Crippen LogP contribution in [-0.4, -0.2) is 23.1 Å². The highest BCUT2D eigenvalue weighted by molar-refractivity contribution is 5.95. The summed E-state index contributed by atoms with van der Waals surface area (Å²) in [6, 6.07) is 17.0. The maximum absolute atomic E-state index is 10.3. The topological polar surface area (TPSA) is 56.7 Å². The van der Waals surface area contributed by atoms with E-state index < -0.39 is 0 Å². The highest BCUT2D eigenvalue weighted by Crippen LogP contribution is 2.31. The second-order valence-corrected chi connectivity index (χ2v) is 8.89. The summed E-state index contributed by atoms with van der Waals surface area (Å²) < 4.78 is 0. The predicted molar refractivity (Wildman–Crippen MR) is 118 cm³/mol. The van der Waals surface area contributed by atoms with Crippen LogP contribution in [0.15, 0.2) is 53.5 Å². The standard InChI is InChI=1S/C24H33N3O/c1-17(10-11-18-8-6-5-7-9-18)25-23(26-20-13-14-20)27-21-16-19(24(2,3)4)12-15-22(21)28/h5-9,12,15-17,20,28H,10-11,13-14H2,1-4H3,(H2,25,26,27). The molecule has 1 atom stereocenters. The van der Waals surface area contributed by atoms with E-state index in [1.807, 2.05) is 18.2 Å². The lowest BCUT2D eigenvalue weighted by molar-refractivity contribution is 0.476. The molecule has 1 aliphatic rings. The molecule has 0 bridgehead atoms. The van der Waals surface area contributed by atoms with Crippen LogP contribution in [-0.2, 0) is 11.8 Å². The monoisotopic (exact) mass is 379 g/mol. The lowest BCUT2D eigenvalue weighted by Crippen LogP contribution is -2.38. The predicted octanol–water partition coefficient (Wildman–Crippen LogP) is 5.23. The summed E-state index contributed by atoms with van der Waals surface area (Å²) in [6.45, 7) is 8.70. The first-order valence-corrected chi connectivity index (χ1v) is 10.3. The summed E-state index contributed by atoms with van der Waals surface area (Å²) in [5.41, 5.74) is 3.25. The van der Waals surface area contributed by atoms with Crippen LogP contribution in [0.5, 0.6) is 5.75 Å². The Labute approximate surface area is 169 Å². The lowest BCUT2D eigenvalue weighted by Gasteiger charge is -2.22. The van der Waals surface area contributed by atoms with E-state index in [1.165, 1.54) is 11.1 Å². The molecule has 1 fully saturated rings. The van der Waals surface area contributed by atoms with Crippen LogP contribution in [0.3, 0.4) is 0 Å². The first kappa shape index (κ1) is 20.2. The molecule has 150 valence electrons. The van der Waals surface area contributed by atoms with E-state index in [9.17, 15) is 5.11 Å². The number of rotatable bonds is 6. The Bertz CT molecular complexity index is 804. The van der Waals surface area contributed by atoms with Crippen LogP contribution in [0.1, 0.15) is 58.1 Å².